The van der Waals surface area contributed by atoms with Crippen molar-refractivity contribution in [2.75, 3.05) is 26.2 Å². The molecule has 0 unspecified atom stereocenters. The normalized spacial score (nSPS) is 26.9. The molecule has 1 saturated carbocycles. The zero-order valence-corrected chi connectivity index (χ0v) is 19.1. The third kappa shape index (κ3) is 4.43. The van der Waals surface area contributed by atoms with Crippen LogP contribution in [0.2, 0.25) is 0 Å². The van der Waals surface area contributed by atoms with Crippen LogP contribution in [0.3, 0.4) is 0 Å². The summed E-state index contributed by atoms with van der Waals surface area (Å²) in [6, 6.07) is 5.64. The number of hydrogen-bond acceptors (Lipinski definition) is 4. The SMILES string of the molecule is C[C@H](C(=O)N[C@H]1CCCC[C@@H]1C)N1CCN(S(=O)(=O)c2ccc3c(c2)CCC3)CC1. The Morgan fingerprint density at radius 1 is 1.03 bits per heavy atom. The zero-order valence-electron chi connectivity index (χ0n) is 18.3. The van der Waals surface area contributed by atoms with Crippen LogP contribution in [0.5, 0.6) is 0 Å². The lowest BCUT2D eigenvalue weighted by Crippen LogP contribution is -2.56. The van der Waals surface area contributed by atoms with Gasteiger partial charge in [0.25, 0.3) is 0 Å². The Morgan fingerprint density at radius 3 is 2.47 bits per heavy atom. The first-order chi connectivity index (χ1) is 14.4. The second kappa shape index (κ2) is 8.97. The van der Waals surface area contributed by atoms with E-state index in [0.29, 0.717) is 37.0 Å². The maximum absolute atomic E-state index is 13.1. The Morgan fingerprint density at radius 2 is 1.73 bits per heavy atom. The van der Waals surface area contributed by atoms with Gasteiger partial charge < -0.3 is 5.32 Å². The van der Waals surface area contributed by atoms with Gasteiger partial charge in [-0.25, -0.2) is 8.42 Å². The van der Waals surface area contributed by atoms with Gasteiger partial charge >= 0.3 is 0 Å². The number of carbonyl (C=O) groups excluding carboxylic acids is 1. The van der Waals surface area contributed by atoms with E-state index in [0.717, 1.165) is 25.7 Å². The molecular weight excluding hydrogens is 398 g/mol. The van der Waals surface area contributed by atoms with E-state index >= 15 is 0 Å². The quantitative estimate of drug-likeness (QED) is 0.775. The summed E-state index contributed by atoms with van der Waals surface area (Å²) in [5.41, 5.74) is 2.46. The van der Waals surface area contributed by atoms with Crippen LogP contribution < -0.4 is 5.32 Å². The molecule has 2 aliphatic carbocycles. The minimum atomic E-state index is -3.48. The summed E-state index contributed by atoms with van der Waals surface area (Å²) in [6.45, 7) is 6.18. The number of nitrogens with one attached hydrogen (secondary N) is 1. The Bertz CT molecular complexity index is 878. The molecule has 3 atom stereocenters. The fourth-order valence-electron chi connectivity index (χ4n) is 5.19. The van der Waals surface area contributed by atoms with Gasteiger partial charge in [-0.05, 0) is 68.2 Å². The molecule has 30 heavy (non-hydrogen) atoms. The number of hydrogen-bond donors (Lipinski definition) is 1. The predicted octanol–water partition coefficient (Wildman–Crippen LogP) is 2.57. The summed E-state index contributed by atoms with van der Waals surface area (Å²) >= 11 is 0. The first kappa shape index (κ1) is 21.8. The predicted molar refractivity (Wildman–Crippen MR) is 118 cm³/mol. The molecule has 0 bridgehead atoms. The highest BCUT2D eigenvalue weighted by molar-refractivity contribution is 7.89. The highest BCUT2D eigenvalue weighted by Gasteiger charge is 2.33. The summed E-state index contributed by atoms with van der Waals surface area (Å²) in [6.07, 6.45) is 7.81. The molecule has 1 aromatic carbocycles. The van der Waals surface area contributed by atoms with Crippen LogP contribution in [-0.4, -0.2) is 61.8 Å². The van der Waals surface area contributed by atoms with E-state index in [9.17, 15) is 13.2 Å². The molecule has 7 heteroatoms. The molecule has 166 valence electrons. The molecule has 0 radical (unpaired) electrons. The minimum Gasteiger partial charge on any atom is -0.352 e. The summed E-state index contributed by atoms with van der Waals surface area (Å²) in [7, 11) is -3.48. The van der Waals surface area contributed by atoms with E-state index in [1.807, 2.05) is 19.1 Å². The van der Waals surface area contributed by atoms with Gasteiger partial charge in [-0.2, -0.15) is 4.31 Å². The van der Waals surface area contributed by atoms with Crippen molar-refractivity contribution in [2.45, 2.75) is 75.8 Å². The Labute approximate surface area is 181 Å². The van der Waals surface area contributed by atoms with Crippen molar-refractivity contribution in [2.24, 2.45) is 5.92 Å². The molecule has 1 aromatic rings. The molecule has 1 heterocycles. The first-order valence-corrected chi connectivity index (χ1v) is 13.0. The van der Waals surface area contributed by atoms with Gasteiger partial charge in [0.05, 0.1) is 10.9 Å². The minimum absolute atomic E-state index is 0.0729. The molecule has 0 aromatic heterocycles. The molecule has 2 fully saturated rings. The highest BCUT2D eigenvalue weighted by Crippen LogP contribution is 2.27. The number of aryl methyl sites for hydroxylation is 2. The number of amides is 1. The third-order valence-corrected chi connectivity index (χ3v) is 9.24. The monoisotopic (exact) mass is 433 g/mol. The average molecular weight is 434 g/mol. The second-order valence-electron chi connectivity index (χ2n) is 9.28. The van der Waals surface area contributed by atoms with Gasteiger partial charge in [0.1, 0.15) is 0 Å². The van der Waals surface area contributed by atoms with E-state index in [2.05, 4.69) is 17.1 Å². The van der Waals surface area contributed by atoms with E-state index in [-0.39, 0.29) is 18.0 Å². The maximum atomic E-state index is 13.1. The summed E-state index contributed by atoms with van der Waals surface area (Å²) in [4.78, 5) is 15.3. The molecule has 1 saturated heterocycles. The van der Waals surface area contributed by atoms with E-state index in [4.69, 9.17) is 0 Å². The molecule has 3 aliphatic rings. The van der Waals surface area contributed by atoms with Crippen LogP contribution in [0, 0.1) is 5.92 Å². The van der Waals surface area contributed by atoms with Crippen molar-refractivity contribution >= 4 is 15.9 Å². The number of fused-ring (bicyclic) bond motifs is 1. The highest BCUT2D eigenvalue weighted by atomic mass is 32.2. The summed E-state index contributed by atoms with van der Waals surface area (Å²) in [5, 5.41) is 3.24. The van der Waals surface area contributed by atoms with Crippen molar-refractivity contribution in [3.05, 3.63) is 29.3 Å². The van der Waals surface area contributed by atoms with Crippen LogP contribution in [0.25, 0.3) is 0 Å². The van der Waals surface area contributed by atoms with Crippen LogP contribution in [0.1, 0.15) is 57.1 Å². The Balaban J connectivity index is 1.34. The van der Waals surface area contributed by atoms with Gasteiger partial charge in [-0.1, -0.05) is 25.8 Å². The summed E-state index contributed by atoms with van der Waals surface area (Å²) < 4.78 is 27.8. The number of rotatable bonds is 5. The van der Waals surface area contributed by atoms with Crippen LogP contribution in [-0.2, 0) is 27.7 Å². The summed E-state index contributed by atoms with van der Waals surface area (Å²) in [5.74, 6) is 0.605. The molecule has 0 spiro atoms. The lowest BCUT2D eigenvalue weighted by atomic mass is 9.86. The van der Waals surface area contributed by atoms with E-state index in [1.54, 1.807) is 10.4 Å². The Kier molecular flexibility index (Phi) is 6.51. The van der Waals surface area contributed by atoms with Gasteiger partial charge in [0, 0.05) is 32.2 Å². The molecule has 4 rings (SSSR count). The van der Waals surface area contributed by atoms with Crippen LogP contribution >= 0.6 is 0 Å². The van der Waals surface area contributed by atoms with Crippen molar-refractivity contribution in [1.29, 1.82) is 0 Å². The van der Waals surface area contributed by atoms with Gasteiger partial charge in [0.15, 0.2) is 0 Å². The fraction of sp³-hybridized carbons (Fsp3) is 0.696. The number of sulfonamides is 1. The number of nitrogens with zero attached hydrogens (tertiary/aromatic N) is 2. The lowest BCUT2D eigenvalue weighted by molar-refractivity contribution is -0.127. The van der Waals surface area contributed by atoms with Gasteiger partial charge in [0.2, 0.25) is 15.9 Å². The fourth-order valence-corrected chi connectivity index (χ4v) is 6.66. The van der Waals surface area contributed by atoms with E-state index in [1.165, 1.54) is 30.4 Å². The number of piperazine rings is 1. The molecule has 1 amide bonds. The smallest absolute Gasteiger partial charge is 0.243 e. The zero-order chi connectivity index (χ0) is 21.3. The number of carbonyl (C=O) groups is 1. The molecule has 1 N–H and O–H groups in total. The van der Waals surface area contributed by atoms with Crippen molar-refractivity contribution in [1.82, 2.24) is 14.5 Å². The average Bonchev–Trinajstić information content (AvgIpc) is 3.23. The second-order valence-corrected chi connectivity index (χ2v) is 11.2. The molecular formula is C23H35N3O3S. The van der Waals surface area contributed by atoms with Crippen LogP contribution in [0.4, 0.5) is 0 Å². The third-order valence-electron chi connectivity index (χ3n) is 7.35. The van der Waals surface area contributed by atoms with Gasteiger partial charge in [-0.3, -0.25) is 9.69 Å². The maximum Gasteiger partial charge on any atom is 0.243 e. The number of benzene rings is 1. The van der Waals surface area contributed by atoms with E-state index < -0.39 is 10.0 Å². The molecule has 6 nitrogen and oxygen atoms in total. The topological polar surface area (TPSA) is 69.7 Å². The standard InChI is InChI=1S/C23H35N3O3S/c1-17-6-3-4-9-22(17)24-23(27)18(2)25-12-14-26(15-13-25)30(28,29)21-11-10-19-7-5-8-20(19)16-21/h10-11,16-18,22H,3-9,12-15H2,1-2H3,(H,24,27)/t17-,18+,22-/m0/s1. The van der Waals surface area contributed by atoms with Crippen LogP contribution in [0.15, 0.2) is 23.1 Å². The largest absolute Gasteiger partial charge is 0.352 e. The van der Waals surface area contributed by atoms with Crippen molar-refractivity contribution in [3.63, 3.8) is 0 Å². The lowest BCUT2D eigenvalue weighted by Gasteiger charge is -2.38. The molecule has 1 aliphatic heterocycles. The first-order valence-electron chi connectivity index (χ1n) is 11.5. The van der Waals surface area contributed by atoms with Gasteiger partial charge in [-0.15, -0.1) is 0 Å². The van der Waals surface area contributed by atoms with Crippen molar-refractivity contribution in [3.8, 4) is 0 Å². The Hall–Kier alpha value is -1.44. The van der Waals surface area contributed by atoms with Crippen molar-refractivity contribution < 1.29 is 13.2 Å².